The smallest absolute Gasteiger partial charge is 0.276 e. The van der Waals surface area contributed by atoms with Crippen LogP contribution in [-0.4, -0.2) is 38.9 Å². The monoisotopic (exact) mass is 364 g/mol. The highest BCUT2D eigenvalue weighted by molar-refractivity contribution is 7.09. The van der Waals surface area contributed by atoms with Gasteiger partial charge in [0.15, 0.2) is 5.69 Å². The van der Waals surface area contributed by atoms with E-state index in [0.717, 1.165) is 42.1 Å². The lowest BCUT2D eigenvalue weighted by Gasteiger charge is -2.25. The molecule has 1 saturated carbocycles. The van der Waals surface area contributed by atoms with Crippen LogP contribution in [0.3, 0.4) is 0 Å². The van der Waals surface area contributed by atoms with Crippen molar-refractivity contribution in [1.82, 2.24) is 19.8 Å². The van der Waals surface area contributed by atoms with Crippen LogP contribution in [-0.2, 0) is 11.3 Å². The summed E-state index contributed by atoms with van der Waals surface area (Å²) in [6, 6.07) is 4.14. The summed E-state index contributed by atoms with van der Waals surface area (Å²) in [5, 5.41) is 10.5. The molecule has 0 bridgehead atoms. The van der Waals surface area contributed by atoms with Crippen LogP contribution in [0.15, 0.2) is 22.9 Å². The molecule has 2 amide bonds. The van der Waals surface area contributed by atoms with Crippen molar-refractivity contribution in [2.24, 2.45) is 0 Å². The van der Waals surface area contributed by atoms with Gasteiger partial charge in [-0.25, -0.2) is 0 Å². The van der Waals surface area contributed by atoms with Gasteiger partial charge in [0.25, 0.3) is 5.91 Å². The van der Waals surface area contributed by atoms with Gasteiger partial charge in [-0.3, -0.25) is 9.59 Å². The highest BCUT2D eigenvalue weighted by atomic mass is 32.1. The molecule has 24 heavy (non-hydrogen) atoms. The van der Waals surface area contributed by atoms with E-state index in [1.54, 1.807) is 21.6 Å². The van der Waals surface area contributed by atoms with Crippen molar-refractivity contribution in [3.05, 3.63) is 33.5 Å². The summed E-state index contributed by atoms with van der Waals surface area (Å²) in [4.78, 5) is 27.6. The van der Waals surface area contributed by atoms with Gasteiger partial charge in [0.1, 0.15) is 6.54 Å². The zero-order valence-electron chi connectivity index (χ0n) is 13.3. The lowest BCUT2D eigenvalue weighted by atomic mass is 9.95. The Hall–Kier alpha value is -1.80. The topological polar surface area (TPSA) is 75.2 Å². The normalized spacial score (nSPS) is 15.2. The second-order valence-corrected chi connectivity index (χ2v) is 7.58. The van der Waals surface area contributed by atoms with Gasteiger partial charge in [-0.2, -0.15) is 0 Å². The predicted octanol–water partition coefficient (Wildman–Crippen LogP) is 2.69. The van der Waals surface area contributed by atoms with Crippen LogP contribution in [0, 0.1) is 0 Å². The summed E-state index contributed by atoms with van der Waals surface area (Å²) in [5.74, 6) is -0.356. The first-order valence-corrected chi connectivity index (χ1v) is 9.82. The third kappa shape index (κ3) is 4.61. The molecule has 1 aliphatic rings. The first-order chi connectivity index (χ1) is 11.7. The number of thiophene rings is 1. The molecule has 2 heterocycles. The Balaban J connectivity index is 1.64. The molecule has 0 atom stereocenters. The number of nitrogens with one attached hydrogen (secondary N) is 1. The third-order valence-corrected chi connectivity index (χ3v) is 5.46. The minimum atomic E-state index is -0.254. The largest absolute Gasteiger partial charge is 0.352 e. The molecule has 0 saturated heterocycles. The van der Waals surface area contributed by atoms with Gasteiger partial charge < -0.3 is 10.2 Å². The highest BCUT2D eigenvalue weighted by Gasteiger charge is 2.23. The Morgan fingerprint density at radius 2 is 2.12 bits per heavy atom. The Morgan fingerprint density at radius 1 is 1.29 bits per heavy atom. The van der Waals surface area contributed by atoms with Gasteiger partial charge >= 0.3 is 0 Å². The fourth-order valence-electron chi connectivity index (χ4n) is 2.90. The Labute approximate surface area is 149 Å². The van der Waals surface area contributed by atoms with Crippen LogP contribution in [0.5, 0.6) is 0 Å². The molecule has 6 nitrogen and oxygen atoms in total. The Kier molecular flexibility index (Phi) is 5.92. The van der Waals surface area contributed by atoms with Crippen molar-refractivity contribution in [3.8, 4) is 0 Å². The van der Waals surface area contributed by atoms with E-state index < -0.39 is 0 Å². The van der Waals surface area contributed by atoms with Gasteiger partial charge in [0.2, 0.25) is 5.91 Å². The van der Waals surface area contributed by atoms with Crippen molar-refractivity contribution >= 4 is 34.7 Å². The van der Waals surface area contributed by atoms with Crippen LogP contribution in [0.25, 0.3) is 0 Å². The minimum absolute atomic E-state index is 0.0464. The number of carbonyl (C=O) groups excluding carboxylic acids is 2. The van der Waals surface area contributed by atoms with Gasteiger partial charge in [0.05, 0.1) is 6.54 Å². The summed E-state index contributed by atoms with van der Waals surface area (Å²) in [6.07, 6.45) is 5.62. The van der Waals surface area contributed by atoms with Crippen molar-refractivity contribution in [2.75, 3.05) is 6.54 Å². The lowest BCUT2D eigenvalue weighted by Crippen LogP contribution is -2.44. The quantitative estimate of drug-likeness (QED) is 0.855. The predicted molar refractivity (Wildman–Crippen MR) is 94.0 cm³/mol. The molecule has 1 aliphatic carbocycles. The van der Waals surface area contributed by atoms with E-state index in [-0.39, 0.29) is 24.4 Å². The molecule has 0 aliphatic heterocycles. The van der Waals surface area contributed by atoms with Gasteiger partial charge in [-0.05, 0) is 35.8 Å². The van der Waals surface area contributed by atoms with Crippen LogP contribution in [0.1, 0.15) is 47.5 Å². The van der Waals surface area contributed by atoms with Crippen LogP contribution < -0.4 is 5.32 Å². The van der Waals surface area contributed by atoms with E-state index in [2.05, 4.69) is 14.9 Å². The summed E-state index contributed by atoms with van der Waals surface area (Å²) in [5.41, 5.74) is 0.294. The molecule has 128 valence electrons. The fraction of sp³-hybridized carbons (Fsp3) is 0.500. The van der Waals surface area contributed by atoms with Crippen molar-refractivity contribution < 1.29 is 9.59 Å². The fourth-order valence-corrected chi connectivity index (χ4v) is 4.05. The summed E-state index contributed by atoms with van der Waals surface area (Å²) in [7, 11) is 0. The molecule has 3 rings (SSSR count). The molecule has 2 aromatic heterocycles. The van der Waals surface area contributed by atoms with Crippen molar-refractivity contribution in [3.63, 3.8) is 0 Å². The summed E-state index contributed by atoms with van der Waals surface area (Å²) in [6.45, 7) is 0.455. The van der Waals surface area contributed by atoms with E-state index in [4.69, 9.17) is 0 Å². The molecule has 1 fully saturated rings. The number of hydrogen-bond acceptors (Lipinski definition) is 6. The molecule has 0 radical (unpaired) electrons. The van der Waals surface area contributed by atoms with E-state index >= 15 is 0 Å². The zero-order chi connectivity index (χ0) is 16.8. The molecule has 0 aromatic carbocycles. The second kappa shape index (κ2) is 8.34. The Morgan fingerprint density at radius 3 is 2.79 bits per heavy atom. The number of aromatic nitrogens is 2. The van der Waals surface area contributed by atoms with Gasteiger partial charge in [-0.1, -0.05) is 29.8 Å². The molecular formula is C16H20N4O2S2. The minimum Gasteiger partial charge on any atom is -0.352 e. The highest BCUT2D eigenvalue weighted by Crippen LogP contribution is 2.18. The molecule has 1 N–H and O–H groups in total. The maximum Gasteiger partial charge on any atom is 0.276 e. The van der Waals surface area contributed by atoms with E-state index in [1.807, 2.05) is 17.5 Å². The average molecular weight is 364 g/mol. The molecule has 2 aromatic rings. The molecule has 8 heteroatoms. The lowest BCUT2D eigenvalue weighted by molar-refractivity contribution is -0.122. The van der Waals surface area contributed by atoms with E-state index in [1.165, 1.54) is 6.42 Å². The van der Waals surface area contributed by atoms with E-state index in [9.17, 15) is 9.59 Å². The third-order valence-electron chi connectivity index (χ3n) is 4.10. The van der Waals surface area contributed by atoms with Crippen molar-refractivity contribution in [2.45, 2.75) is 44.7 Å². The number of nitrogens with zero attached hydrogens (tertiary/aromatic N) is 3. The number of amides is 2. The number of carbonyl (C=O) groups is 2. The average Bonchev–Trinajstić information content (AvgIpc) is 3.28. The standard InChI is InChI=1S/C16H20N4O2S2/c21-15(17-12-5-2-1-3-6-12)10-20(9-13-7-4-8-23-13)16(22)14-11-24-19-18-14/h4,7-8,11-12H,1-3,5-6,9-10H2,(H,17,21). The van der Waals surface area contributed by atoms with Crippen molar-refractivity contribution in [1.29, 1.82) is 0 Å². The Bertz CT molecular complexity index is 652. The summed E-state index contributed by atoms with van der Waals surface area (Å²) < 4.78 is 3.74. The van der Waals surface area contributed by atoms with Crippen LogP contribution in [0.2, 0.25) is 0 Å². The van der Waals surface area contributed by atoms with Gasteiger partial charge in [-0.15, -0.1) is 16.4 Å². The second-order valence-electron chi connectivity index (χ2n) is 5.93. The van der Waals surface area contributed by atoms with Crippen LogP contribution >= 0.6 is 22.9 Å². The van der Waals surface area contributed by atoms with Gasteiger partial charge in [0, 0.05) is 16.3 Å². The first kappa shape index (κ1) is 17.0. The molecular weight excluding hydrogens is 344 g/mol. The SMILES string of the molecule is O=C(CN(Cc1cccs1)C(=O)c1csnn1)NC1CCCCC1. The molecule has 0 spiro atoms. The number of hydrogen-bond donors (Lipinski definition) is 1. The maximum absolute atomic E-state index is 12.6. The molecule has 0 unspecified atom stereocenters. The summed E-state index contributed by atoms with van der Waals surface area (Å²) >= 11 is 2.70. The maximum atomic E-state index is 12.6. The van der Waals surface area contributed by atoms with E-state index in [0.29, 0.717) is 12.2 Å². The van der Waals surface area contributed by atoms with Crippen LogP contribution in [0.4, 0.5) is 0 Å². The zero-order valence-corrected chi connectivity index (χ0v) is 14.9. The first-order valence-electron chi connectivity index (χ1n) is 8.10. The number of rotatable bonds is 6.